The van der Waals surface area contributed by atoms with Crippen LogP contribution >= 0.6 is 0 Å². The number of allylic oxidation sites excluding steroid dienone is 1. The molecule has 0 atom stereocenters. The Morgan fingerprint density at radius 3 is 2.73 bits per heavy atom. The Bertz CT molecular complexity index is 222. The van der Waals surface area contributed by atoms with Gasteiger partial charge in [-0.15, -0.1) is 6.58 Å². The number of hydrogen-bond donors (Lipinski definition) is 2. The van der Waals surface area contributed by atoms with E-state index in [9.17, 15) is 9.90 Å². The standard InChI is InChI=1S/C11H19NO3/c1-2-3-4-10(14)12-11(9-13)5-7-15-8-6-11/h2,13H,1,3-9H2,(H,12,14). The summed E-state index contributed by atoms with van der Waals surface area (Å²) in [5.74, 6) is -0.0224. The molecule has 1 rings (SSSR count). The van der Waals surface area contributed by atoms with Crippen molar-refractivity contribution in [2.45, 2.75) is 31.2 Å². The Balaban J connectivity index is 2.43. The maximum Gasteiger partial charge on any atom is 0.220 e. The molecule has 1 amide bonds. The smallest absolute Gasteiger partial charge is 0.220 e. The van der Waals surface area contributed by atoms with Crippen LogP contribution in [-0.2, 0) is 9.53 Å². The monoisotopic (exact) mass is 213 g/mol. The number of ether oxygens (including phenoxy) is 1. The van der Waals surface area contributed by atoms with Crippen LogP contribution in [0.2, 0.25) is 0 Å². The number of hydrogen-bond acceptors (Lipinski definition) is 3. The zero-order chi connectivity index (χ0) is 11.1. The number of nitrogens with one attached hydrogen (secondary N) is 1. The first-order chi connectivity index (χ1) is 7.22. The number of rotatable bonds is 5. The van der Waals surface area contributed by atoms with E-state index in [1.165, 1.54) is 0 Å². The normalized spacial score (nSPS) is 19.5. The minimum absolute atomic E-state index is 0.0177. The second kappa shape index (κ2) is 5.88. The van der Waals surface area contributed by atoms with Crippen molar-refractivity contribution in [3.05, 3.63) is 12.7 Å². The SMILES string of the molecule is C=CCCC(=O)NC1(CO)CCOCC1. The quantitative estimate of drug-likeness (QED) is 0.658. The van der Waals surface area contributed by atoms with E-state index in [2.05, 4.69) is 11.9 Å². The van der Waals surface area contributed by atoms with E-state index in [0.717, 1.165) is 0 Å². The van der Waals surface area contributed by atoms with Gasteiger partial charge in [0.1, 0.15) is 0 Å². The zero-order valence-corrected chi connectivity index (χ0v) is 9.00. The zero-order valence-electron chi connectivity index (χ0n) is 9.00. The Morgan fingerprint density at radius 2 is 2.20 bits per heavy atom. The van der Waals surface area contributed by atoms with Gasteiger partial charge in [-0.25, -0.2) is 0 Å². The fourth-order valence-corrected chi connectivity index (χ4v) is 1.68. The highest BCUT2D eigenvalue weighted by Gasteiger charge is 2.33. The molecular formula is C11H19NO3. The van der Waals surface area contributed by atoms with Crippen molar-refractivity contribution >= 4 is 5.91 Å². The Morgan fingerprint density at radius 1 is 1.53 bits per heavy atom. The summed E-state index contributed by atoms with van der Waals surface area (Å²) >= 11 is 0. The fourth-order valence-electron chi connectivity index (χ4n) is 1.68. The summed E-state index contributed by atoms with van der Waals surface area (Å²) < 4.78 is 5.21. The maximum atomic E-state index is 11.5. The third kappa shape index (κ3) is 3.64. The van der Waals surface area contributed by atoms with Crippen molar-refractivity contribution in [2.24, 2.45) is 0 Å². The molecule has 1 aliphatic heterocycles. The van der Waals surface area contributed by atoms with E-state index < -0.39 is 5.54 Å². The van der Waals surface area contributed by atoms with Gasteiger partial charge in [-0.2, -0.15) is 0 Å². The molecular weight excluding hydrogens is 194 g/mol. The van der Waals surface area contributed by atoms with E-state index in [-0.39, 0.29) is 12.5 Å². The highest BCUT2D eigenvalue weighted by atomic mass is 16.5. The first kappa shape index (κ1) is 12.2. The molecule has 0 aromatic rings. The van der Waals surface area contributed by atoms with Crippen LogP contribution in [0.1, 0.15) is 25.7 Å². The van der Waals surface area contributed by atoms with Crippen LogP contribution in [0.4, 0.5) is 0 Å². The molecule has 4 nitrogen and oxygen atoms in total. The van der Waals surface area contributed by atoms with Crippen LogP contribution in [0.5, 0.6) is 0 Å². The minimum atomic E-state index is -0.462. The van der Waals surface area contributed by atoms with Gasteiger partial charge in [0.25, 0.3) is 0 Å². The van der Waals surface area contributed by atoms with Crippen molar-refractivity contribution in [2.75, 3.05) is 19.8 Å². The number of amides is 1. The van der Waals surface area contributed by atoms with Crippen molar-refractivity contribution < 1.29 is 14.6 Å². The summed E-state index contributed by atoms with van der Waals surface area (Å²) in [6.45, 7) is 4.75. The molecule has 0 spiro atoms. The number of carbonyl (C=O) groups excluding carboxylic acids is 1. The molecule has 4 heteroatoms. The van der Waals surface area contributed by atoms with E-state index in [4.69, 9.17) is 4.74 Å². The minimum Gasteiger partial charge on any atom is -0.394 e. The van der Waals surface area contributed by atoms with Gasteiger partial charge in [-0.05, 0) is 19.3 Å². The van der Waals surface area contributed by atoms with Crippen LogP contribution in [0.15, 0.2) is 12.7 Å². The first-order valence-electron chi connectivity index (χ1n) is 5.33. The van der Waals surface area contributed by atoms with E-state index in [0.29, 0.717) is 38.9 Å². The van der Waals surface area contributed by atoms with Crippen molar-refractivity contribution in [3.63, 3.8) is 0 Å². The third-order valence-electron chi connectivity index (χ3n) is 2.73. The first-order valence-corrected chi connectivity index (χ1v) is 5.33. The van der Waals surface area contributed by atoms with Crippen molar-refractivity contribution in [1.29, 1.82) is 0 Å². The number of aliphatic hydroxyl groups is 1. The Kier molecular flexibility index (Phi) is 4.78. The number of carbonyl (C=O) groups is 1. The van der Waals surface area contributed by atoms with Crippen molar-refractivity contribution in [1.82, 2.24) is 5.32 Å². The second-order valence-electron chi connectivity index (χ2n) is 3.93. The highest BCUT2D eigenvalue weighted by Crippen LogP contribution is 2.20. The van der Waals surface area contributed by atoms with Gasteiger partial charge in [0, 0.05) is 19.6 Å². The molecule has 1 fully saturated rings. The largest absolute Gasteiger partial charge is 0.394 e. The predicted molar refractivity (Wildman–Crippen MR) is 57.4 cm³/mol. The molecule has 0 unspecified atom stereocenters. The maximum absolute atomic E-state index is 11.5. The average Bonchev–Trinajstić information content (AvgIpc) is 2.27. The summed E-state index contributed by atoms with van der Waals surface area (Å²) in [7, 11) is 0. The summed E-state index contributed by atoms with van der Waals surface area (Å²) in [6, 6.07) is 0. The van der Waals surface area contributed by atoms with Gasteiger partial charge < -0.3 is 15.2 Å². The third-order valence-corrected chi connectivity index (χ3v) is 2.73. The lowest BCUT2D eigenvalue weighted by Crippen LogP contribution is -2.54. The summed E-state index contributed by atoms with van der Waals surface area (Å²) in [4.78, 5) is 11.5. The van der Waals surface area contributed by atoms with Crippen LogP contribution in [0.3, 0.4) is 0 Å². The molecule has 86 valence electrons. The molecule has 0 radical (unpaired) electrons. The molecule has 1 aliphatic rings. The van der Waals surface area contributed by atoms with Gasteiger partial charge in [0.15, 0.2) is 0 Å². The van der Waals surface area contributed by atoms with Crippen molar-refractivity contribution in [3.8, 4) is 0 Å². The average molecular weight is 213 g/mol. The summed E-state index contributed by atoms with van der Waals surface area (Å²) in [5.41, 5.74) is -0.462. The molecule has 0 bridgehead atoms. The molecule has 15 heavy (non-hydrogen) atoms. The van der Waals surface area contributed by atoms with E-state index >= 15 is 0 Å². The molecule has 2 N–H and O–H groups in total. The number of aliphatic hydroxyl groups excluding tert-OH is 1. The van der Waals surface area contributed by atoms with Crippen LogP contribution in [-0.4, -0.2) is 36.4 Å². The fraction of sp³-hybridized carbons (Fsp3) is 0.727. The van der Waals surface area contributed by atoms with Gasteiger partial charge in [-0.3, -0.25) is 4.79 Å². The van der Waals surface area contributed by atoms with Gasteiger partial charge in [0.2, 0.25) is 5.91 Å². The van der Waals surface area contributed by atoms with Crippen LogP contribution < -0.4 is 5.32 Å². The topological polar surface area (TPSA) is 58.6 Å². The van der Waals surface area contributed by atoms with Crippen LogP contribution in [0, 0.1) is 0 Å². The summed E-state index contributed by atoms with van der Waals surface area (Å²) in [5, 5.41) is 12.2. The Hall–Kier alpha value is -0.870. The highest BCUT2D eigenvalue weighted by molar-refractivity contribution is 5.76. The van der Waals surface area contributed by atoms with Gasteiger partial charge in [-0.1, -0.05) is 6.08 Å². The second-order valence-corrected chi connectivity index (χ2v) is 3.93. The molecule has 1 heterocycles. The Labute approximate surface area is 90.3 Å². The van der Waals surface area contributed by atoms with Gasteiger partial charge >= 0.3 is 0 Å². The predicted octanol–water partition coefficient (Wildman–Crippen LogP) is 0.610. The van der Waals surface area contributed by atoms with Crippen LogP contribution in [0.25, 0.3) is 0 Å². The molecule has 0 aromatic carbocycles. The molecule has 1 saturated heterocycles. The van der Waals surface area contributed by atoms with E-state index in [1.54, 1.807) is 6.08 Å². The van der Waals surface area contributed by atoms with E-state index in [1.807, 2.05) is 0 Å². The van der Waals surface area contributed by atoms with Gasteiger partial charge in [0.05, 0.1) is 12.1 Å². The molecule has 0 saturated carbocycles. The molecule has 0 aromatic heterocycles. The lowest BCUT2D eigenvalue weighted by Gasteiger charge is -2.36. The lowest BCUT2D eigenvalue weighted by molar-refractivity contribution is -0.125. The molecule has 0 aliphatic carbocycles. The summed E-state index contributed by atoms with van der Waals surface area (Å²) in [6.07, 6.45) is 4.19. The lowest BCUT2D eigenvalue weighted by atomic mass is 9.91.